The number of aliphatic hydroxyl groups is 2. The van der Waals surface area contributed by atoms with E-state index in [9.17, 15) is 10.2 Å². The zero-order valence-corrected chi connectivity index (χ0v) is 10.2. The third-order valence-electron chi connectivity index (χ3n) is 2.95. The van der Waals surface area contributed by atoms with E-state index in [1.54, 1.807) is 0 Å². The van der Waals surface area contributed by atoms with Gasteiger partial charge in [0.15, 0.2) is 6.29 Å². The first kappa shape index (κ1) is 13.5. The van der Waals surface area contributed by atoms with Crippen LogP contribution in [0, 0.1) is 0 Å². The first-order valence-corrected chi connectivity index (χ1v) is 5.88. The maximum absolute atomic E-state index is 9.88. The first-order valence-electron chi connectivity index (χ1n) is 5.88. The Morgan fingerprint density at radius 1 is 1.28 bits per heavy atom. The zero-order chi connectivity index (χ0) is 13.0. The number of hydrogen-bond donors (Lipinski definition) is 2. The highest BCUT2D eigenvalue weighted by atomic mass is 16.7. The van der Waals surface area contributed by atoms with Gasteiger partial charge in [0.25, 0.3) is 0 Å². The fourth-order valence-electron chi connectivity index (χ4n) is 1.91. The third-order valence-corrected chi connectivity index (χ3v) is 2.95. The molecule has 0 unspecified atom stereocenters. The fraction of sp³-hybridized carbons (Fsp3) is 0.538. The second-order valence-electron chi connectivity index (χ2n) is 4.26. The molecule has 1 aliphatic rings. The van der Waals surface area contributed by atoms with Crippen LogP contribution in [-0.4, -0.2) is 48.5 Å². The Balaban J connectivity index is 1.96. The molecule has 18 heavy (non-hydrogen) atoms. The lowest BCUT2D eigenvalue weighted by molar-refractivity contribution is -0.276. The predicted molar refractivity (Wildman–Crippen MR) is 63.8 cm³/mol. The van der Waals surface area contributed by atoms with Gasteiger partial charge < -0.3 is 24.4 Å². The molecule has 5 heteroatoms. The topological polar surface area (TPSA) is 68.2 Å². The van der Waals surface area contributed by atoms with E-state index in [2.05, 4.69) is 0 Å². The second kappa shape index (κ2) is 6.26. The normalized spacial score (nSPS) is 32.4. The summed E-state index contributed by atoms with van der Waals surface area (Å²) in [7, 11) is 1.48. The van der Waals surface area contributed by atoms with E-state index in [0.29, 0.717) is 6.61 Å². The molecule has 1 heterocycles. The molecular weight excluding hydrogens is 236 g/mol. The lowest BCUT2D eigenvalue weighted by atomic mass is 10.1. The molecule has 100 valence electrons. The summed E-state index contributed by atoms with van der Waals surface area (Å²) in [5.74, 6) is 0. The van der Waals surface area contributed by atoms with Crippen molar-refractivity contribution in [3.8, 4) is 0 Å². The van der Waals surface area contributed by atoms with Crippen molar-refractivity contribution in [3.63, 3.8) is 0 Å². The monoisotopic (exact) mass is 254 g/mol. The minimum Gasteiger partial charge on any atom is -0.388 e. The molecule has 0 aliphatic carbocycles. The second-order valence-corrected chi connectivity index (χ2v) is 4.26. The van der Waals surface area contributed by atoms with Crippen molar-refractivity contribution in [2.75, 3.05) is 13.7 Å². The van der Waals surface area contributed by atoms with Gasteiger partial charge in [0.1, 0.15) is 18.3 Å². The molecular formula is C13H18O5. The predicted octanol–water partition coefficient (Wildman–Crippen LogP) is 0.296. The van der Waals surface area contributed by atoms with Gasteiger partial charge in [0.2, 0.25) is 0 Å². The van der Waals surface area contributed by atoms with E-state index < -0.39 is 24.6 Å². The van der Waals surface area contributed by atoms with Crippen LogP contribution in [0.15, 0.2) is 30.3 Å². The minimum atomic E-state index is -1.01. The molecule has 0 radical (unpaired) electrons. The molecule has 0 saturated carbocycles. The molecule has 1 fully saturated rings. The molecule has 1 aromatic carbocycles. The molecule has 5 nitrogen and oxygen atoms in total. The van der Waals surface area contributed by atoms with Crippen LogP contribution in [0.2, 0.25) is 0 Å². The molecule has 1 aliphatic heterocycles. The van der Waals surface area contributed by atoms with Crippen molar-refractivity contribution in [1.82, 2.24) is 0 Å². The summed E-state index contributed by atoms with van der Waals surface area (Å²) in [6, 6.07) is 9.59. The summed E-state index contributed by atoms with van der Waals surface area (Å²) in [5, 5.41) is 19.4. The summed E-state index contributed by atoms with van der Waals surface area (Å²) >= 11 is 0. The number of aliphatic hydroxyl groups excluding tert-OH is 2. The van der Waals surface area contributed by atoms with Gasteiger partial charge in [-0.15, -0.1) is 0 Å². The van der Waals surface area contributed by atoms with E-state index >= 15 is 0 Å². The van der Waals surface area contributed by atoms with Crippen molar-refractivity contribution in [2.24, 2.45) is 0 Å². The van der Waals surface area contributed by atoms with Gasteiger partial charge in [-0.1, -0.05) is 30.3 Å². The largest absolute Gasteiger partial charge is 0.388 e. The van der Waals surface area contributed by atoms with Gasteiger partial charge in [0.05, 0.1) is 13.2 Å². The lowest BCUT2D eigenvalue weighted by Gasteiger charge is -2.37. The number of benzene rings is 1. The van der Waals surface area contributed by atoms with E-state index in [0.717, 1.165) is 5.56 Å². The summed E-state index contributed by atoms with van der Waals surface area (Å²) < 4.78 is 15.9. The summed E-state index contributed by atoms with van der Waals surface area (Å²) in [5.41, 5.74) is 0.986. The molecule has 1 saturated heterocycles. The van der Waals surface area contributed by atoms with Crippen molar-refractivity contribution < 1.29 is 24.4 Å². The fourth-order valence-corrected chi connectivity index (χ4v) is 1.91. The van der Waals surface area contributed by atoms with Gasteiger partial charge in [-0.2, -0.15) is 0 Å². The van der Waals surface area contributed by atoms with Crippen molar-refractivity contribution in [3.05, 3.63) is 35.9 Å². The van der Waals surface area contributed by atoms with Crippen LogP contribution >= 0.6 is 0 Å². The van der Waals surface area contributed by atoms with Gasteiger partial charge in [-0.3, -0.25) is 0 Å². The van der Waals surface area contributed by atoms with E-state index in [1.807, 2.05) is 30.3 Å². The van der Waals surface area contributed by atoms with Crippen LogP contribution in [0.5, 0.6) is 0 Å². The Hall–Kier alpha value is -0.980. The molecule has 2 N–H and O–H groups in total. The maximum atomic E-state index is 9.88. The van der Waals surface area contributed by atoms with Crippen LogP contribution < -0.4 is 0 Å². The van der Waals surface area contributed by atoms with Crippen LogP contribution in [0.3, 0.4) is 0 Å². The molecule has 1 aromatic rings. The van der Waals surface area contributed by atoms with Crippen LogP contribution in [0.4, 0.5) is 0 Å². The zero-order valence-electron chi connectivity index (χ0n) is 10.2. The van der Waals surface area contributed by atoms with Gasteiger partial charge in [0, 0.05) is 7.11 Å². The molecule has 4 atom stereocenters. The van der Waals surface area contributed by atoms with E-state index in [1.165, 1.54) is 7.11 Å². The SMILES string of the molecule is CO[C@@H]1OC[C@@H](O)[C@@H](O)[C@@H]1OCc1ccccc1. The lowest BCUT2D eigenvalue weighted by Crippen LogP contribution is -2.54. The van der Waals surface area contributed by atoms with Crippen molar-refractivity contribution in [1.29, 1.82) is 0 Å². The Labute approximate surface area is 106 Å². The van der Waals surface area contributed by atoms with Crippen LogP contribution in [-0.2, 0) is 20.8 Å². The summed E-state index contributed by atoms with van der Waals surface area (Å²) in [6.07, 6.45) is -3.31. The Morgan fingerprint density at radius 3 is 2.67 bits per heavy atom. The number of rotatable bonds is 4. The molecule has 0 spiro atoms. The summed E-state index contributed by atoms with van der Waals surface area (Å²) in [6.45, 7) is 0.378. The quantitative estimate of drug-likeness (QED) is 0.808. The smallest absolute Gasteiger partial charge is 0.186 e. The van der Waals surface area contributed by atoms with Gasteiger partial charge in [-0.05, 0) is 5.56 Å². The van der Waals surface area contributed by atoms with Crippen LogP contribution in [0.25, 0.3) is 0 Å². The van der Waals surface area contributed by atoms with Crippen molar-refractivity contribution >= 4 is 0 Å². The van der Waals surface area contributed by atoms with Gasteiger partial charge >= 0.3 is 0 Å². The van der Waals surface area contributed by atoms with E-state index in [-0.39, 0.29) is 6.61 Å². The Bertz CT molecular complexity index is 354. The Morgan fingerprint density at radius 2 is 2.00 bits per heavy atom. The standard InChI is InChI=1S/C13H18O5/c1-16-13-12(11(15)10(14)8-18-13)17-7-9-5-3-2-4-6-9/h2-6,10-15H,7-8H2,1H3/t10-,11-,12+,13-/m1/s1. The average Bonchev–Trinajstić information content (AvgIpc) is 2.41. The molecule has 0 aromatic heterocycles. The number of hydrogen-bond acceptors (Lipinski definition) is 5. The first-order chi connectivity index (χ1) is 8.72. The minimum absolute atomic E-state index is 0.0465. The molecule has 0 bridgehead atoms. The highest BCUT2D eigenvalue weighted by Gasteiger charge is 2.39. The Kier molecular flexibility index (Phi) is 4.68. The van der Waals surface area contributed by atoms with Crippen molar-refractivity contribution in [2.45, 2.75) is 31.2 Å². The molecule has 2 rings (SSSR count). The van der Waals surface area contributed by atoms with Crippen LogP contribution in [0.1, 0.15) is 5.56 Å². The maximum Gasteiger partial charge on any atom is 0.186 e. The van der Waals surface area contributed by atoms with E-state index in [4.69, 9.17) is 14.2 Å². The number of methoxy groups -OCH3 is 1. The molecule has 0 amide bonds. The highest BCUT2D eigenvalue weighted by Crippen LogP contribution is 2.20. The summed E-state index contributed by atoms with van der Waals surface area (Å²) in [4.78, 5) is 0. The number of ether oxygens (including phenoxy) is 3. The average molecular weight is 254 g/mol. The highest BCUT2D eigenvalue weighted by molar-refractivity contribution is 5.13. The third kappa shape index (κ3) is 3.07. The van der Waals surface area contributed by atoms with Gasteiger partial charge in [-0.25, -0.2) is 0 Å².